The molecule has 0 aromatic heterocycles. The first-order valence-electron chi connectivity index (χ1n) is 7.72. The summed E-state index contributed by atoms with van der Waals surface area (Å²) in [7, 11) is 0. The van der Waals surface area contributed by atoms with Crippen LogP contribution >= 0.6 is 0 Å². The number of rotatable bonds is 4. The molecule has 1 aliphatic rings. The van der Waals surface area contributed by atoms with Crippen LogP contribution in [0.5, 0.6) is 0 Å². The molecule has 0 aliphatic carbocycles. The van der Waals surface area contributed by atoms with Crippen LogP contribution in [0.25, 0.3) is 0 Å². The molecule has 24 heavy (non-hydrogen) atoms. The van der Waals surface area contributed by atoms with E-state index in [1.807, 2.05) is 11.0 Å². The summed E-state index contributed by atoms with van der Waals surface area (Å²) in [6.45, 7) is 3.25. The third kappa shape index (κ3) is 4.54. The molecule has 1 aromatic rings. The molecule has 2 N–H and O–H groups in total. The van der Waals surface area contributed by atoms with E-state index in [-0.39, 0.29) is 18.2 Å². The van der Waals surface area contributed by atoms with Gasteiger partial charge in [0.1, 0.15) is 0 Å². The van der Waals surface area contributed by atoms with E-state index in [0.29, 0.717) is 5.69 Å². The molecular weight excluding hydrogens is 321 g/mol. The van der Waals surface area contributed by atoms with Gasteiger partial charge in [-0.15, -0.1) is 0 Å². The molecule has 130 valence electrons. The number of alkyl halides is 3. The summed E-state index contributed by atoms with van der Waals surface area (Å²) in [5, 5.41) is 13.7. The van der Waals surface area contributed by atoms with Crippen molar-refractivity contribution in [2.45, 2.75) is 25.9 Å². The average Bonchev–Trinajstić information content (AvgIpc) is 3.05. The molecule has 1 aromatic carbocycles. The lowest BCUT2D eigenvalue weighted by Crippen LogP contribution is -2.33. The van der Waals surface area contributed by atoms with E-state index in [1.165, 1.54) is 6.07 Å². The highest BCUT2D eigenvalue weighted by atomic mass is 19.4. The van der Waals surface area contributed by atoms with Gasteiger partial charge in [-0.1, -0.05) is 0 Å². The van der Waals surface area contributed by atoms with Gasteiger partial charge in [-0.3, -0.25) is 0 Å². The fourth-order valence-corrected chi connectivity index (χ4v) is 2.50. The van der Waals surface area contributed by atoms with Crippen LogP contribution < -0.4 is 15.5 Å². The van der Waals surface area contributed by atoms with Crippen LogP contribution in [-0.4, -0.2) is 25.7 Å². The lowest BCUT2D eigenvalue weighted by Gasteiger charge is -2.23. The number of anilines is 2. The lowest BCUT2D eigenvalue weighted by molar-refractivity contribution is -0.137. The van der Waals surface area contributed by atoms with E-state index >= 15 is 0 Å². The number of hydrogen-bond donors (Lipinski definition) is 2. The maximum atomic E-state index is 12.9. The van der Waals surface area contributed by atoms with Crippen molar-refractivity contribution < 1.29 is 18.0 Å². The van der Waals surface area contributed by atoms with Gasteiger partial charge in [0.15, 0.2) is 0 Å². The number of carbonyl (C=O) groups excluding carboxylic acids is 1. The zero-order valence-electron chi connectivity index (χ0n) is 13.3. The molecule has 0 bridgehead atoms. The molecule has 1 fully saturated rings. The third-order valence-corrected chi connectivity index (χ3v) is 3.81. The molecule has 0 spiro atoms. The maximum Gasteiger partial charge on any atom is 0.416 e. The molecular formula is C16H19F3N4O. The van der Waals surface area contributed by atoms with Gasteiger partial charge in [-0.05, 0) is 38.0 Å². The Hall–Kier alpha value is -2.43. The van der Waals surface area contributed by atoms with Crippen molar-refractivity contribution in [3.8, 4) is 6.07 Å². The summed E-state index contributed by atoms with van der Waals surface area (Å²) in [6, 6.07) is 4.70. The molecule has 1 atom stereocenters. The Balaban J connectivity index is 2.20. The number of nitriles is 1. The molecule has 1 aliphatic heterocycles. The summed E-state index contributed by atoms with van der Waals surface area (Å²) < 4.78 is 38.8. The highest BCUT2D eigenvalue weighted by molar-refractivity contribution is 5.93. The van der Waals surface area contributed by atoms with E-state index < -0.39 is 17.8 Å². The number of amides is 2. The van der Waals surface area contributed by atoms with Crippen molar-refractivity contribution in [1.82, 2.24) is 5.32 Å². The smallest absolute Gasteiger partial charge is 0.370 e. The van der Waals surface area contributed by atoms with Crippen molar-refractivity contribution in [3.63, 3.8) is 0 Å². The zero-order chi connectivity index (χ0) is 17.7. The second-order valence-corrected chi connectivity index (χ2v) is 5.79. The van der Waals surface area contributed by atoms with Gasteiger partial charge in [-0.25, -0.2) is 4.79 Å². The highest BCUT2D eigenvalue weighted by Crippen LogP contribution is 2.36. The number of nitrogens with one attached hydrogen (secondary N) is 2. The van der Waals surface area contributed by atoms with Crippen molar-refractivity contribution in [2.75, 3.05) is 29.9 Å². The van der Waals surface area contributed by atoms with Crippen LogP contribution in [-0.2, 0) is 6.18 Å². The first-order valence-corrected chi connectivity index (χ1v) is 7.72. The van der Waals surface area contributed by atoms with Crippen LogP contribution in [0.3, 0.4) is 0 Å². The topological polar surface area (TPSA) is 68.2 Å². The zero-order valence-corrected chi connectivity index (χ0v) is 13.3. The number of carbonyl (C=O) groups is 1. The van der Waals surface area contributed by atoms with Gasteiger partial charge >= 0.3 is 12.2 Å². The maximum absolute atomic E-state index is 12.9. The van der Waals surface area contributed by atoms with E-state index in [9.17, 15) is 18.0 Å². The number of hydrogen-bond acceptors (Lipinski definition) is 3. The van der Waals surface area contributed by atoms with E-state index in [1.54, 1.807) is 6.92 Å². The normalized spacial score (nSPS) is 15.7. The summed E-state index contributed by atoms with van der Waals surface area (Å²) in [6.07, 6.45) is -2.55. The van der Waals surface area contributed by atoms with Crippen molar-refractivity contribution in [2.24, 2.45) is 5.92 Å². The van der Waals surface area contributed by atoms with Gasteiger partial charge in [-0.2, -0.15) is 18.4 Å². The van der Waals surface area contributed by atoms with Crippen molar-refractivity contribution in [3.05, 3.63) is 23.8 Å². The minimum absolute atomic E-state index is 0.119. The first kappa shape index (κ1) is 17.9. The minimum Gasteiger partial charge on any atom is -0.370 e. The van der Waals surface area contributed by atoms with Crippen LogP contribution in [0, 0.1) is 17.2 Å². The third-order valence-electron chi connectivity index (χ3n) is 3.81. The quantitative estimate of drug-likeness (QED) is 0.880. The Morgan fingerprint density at radius 1 is 1.38 bits per heavy atom. The van der Waals surface area contributed by atoms with Crippen molar-refractivity contribution >= 4 is 17.4 Å². The number of urea groups is 1. The summed E-state index contributed by atoms with van der Waals surface area (Å²) >= 11 is 0. The molecule has 0 unspecified atom stereocenters. The number of nitrogens with zero attached hydrogens (tertiary/aromatic N) is 2. The molecule has 2 amide bonds. The molecule has 1 heterocycles. The molecule has 2 rings (SSSR count). The molecule has 0 saturated carbocycles. The lowest BCUT2D eigenvalue weighted by atomic mass is 10.1. The SMILES string of the molecule is C[C@H](C#N)CNC(=O)Nc1cc(C(F)(F)F)ccc1N1CCCC1. The van der Waals surface area contributed by atoms with Crippen LogP contribution in [0.4, 0.5) is 29.3 Å². The summed E-state index contributed by atoms with van der Waals surface area (Å²) in [4.78, 5) is 13.9. The first-order chi connectivity index (χ1) is 11.3. The van der Waals surface area contributed by atoms with Crippen molar-refractivity contribution in [1.29, 1.82) is 5.26 Å². The highest BCUT2D eigenvalue weighted by Gasteiger charge is 2.32. The second-order valence-electron chi connectivity index (χ2n) is 5.79. The fraction of sp³-hybridized carbons (Fsp3) is 0.500. The fourth-order valence-electron chi connectivity index (χ4n) is 2.50. The molecule has 1 saturated heterocycles. The Morgan fingerprint density at radius 3 is 2.62 bits per heavy atom. The van der Waals surface area contributed by atoms with Crippen LogP contribution in [0.1, 0.15) is 25.3 Å². The van der Waals surface area contributed by atoms with Crippen LogP contribution in [0.15, 0.2) is 18.2 Å². The molecule has 0 radical (unpaired) electrons. The number of halogens is 3. The predicted octanol–water partition coefficient (Wildman–Crippen LogP) is 3.59. The van der Waals surface area contributed by atoms with Gasteiger partial charge in [0.25, 0.3) is 0 Å². The average molecular weight is 340 g/mol. The predicted molar refractivity (Wildman–Crippen MR) is 84.7 cm³/mol. The monoisotopic (exact) mass is 340 g/mol. The van der Waals surface area contributed by atoms with E-state index in [2.05, 4.69) is 10.6 Å². The minimum atomic E-state index is -4.48. The Bertz CT molecular complexity index is 633. The van der Waals surface area contributed by atoms with Gasteiger partial charge in [0.2, 0.25) is 0 Å². The Morgan fingerprint density at radius 2 is 2.04 bits per heavy atom. The molecule has 5 nitrogen and oxygen atoms in total. The van der Waals surface area contributed by atoms with Gasteiger partial charge in [0.05, 0.1) is 28.9 Å². The second kappa shape index (κ2) is 7.43. The van der Waals surface area contributed by atoms with Gasteiger partial charge in [0, 0.05) is 19.6 Å². The van der Waals surface area contributed by atoms with E-state index in [0.717, 1.165) is 38.1 Å². The number of benzene rings is 1. The Labute approximate surface area is 138 Å². The van der Waals surface area contributed by atoms with Crippen LogP contribution in [0.2, 0.25) is 0 Å². The summed E-state index contributed by atoms with van der Waals surface area (Å²) in [5.41, 5.74) is -0.121. The van der Waals surface area contributed by atoms with E-state index in [4.69, 9.17) is 5.26 Å². The largest absolute Gasteiger partial charge is 0.416 e. The molecule has 8 heteroatoms. The Kier molecular flexibility index (Phi) is 5.54. The standard InChI is InChI=1S/C16H19F3N4O/c1-11(9-20)10-21-15(24)22-13-8-12(16(17,18)19)4-5-14(13)23-6-2-3-7-23/h4-5,8,11H,2-3,6-7,10H2,1H3,(H2,21,22,24)/t11-/m1/s1. The van der Waals surface area contributed by atoms with Gasteiger partial charge < -0.3 is 15.5 Å². The summed E-state index contributed by atoms with van der Waals surface area (Å²) in [5.74, 6) is -0.379.